The molecule has 0 aliphatic rings. The highest BCUT2D eigenvalue weighted by Gasteiger charge is 2.29. The largest absolute Gasteiger partial charge is 0.405 e. The van der Waals surface area contributed by atoms with Gasteiger partial charge in [0.05, 0.1) is 17.6 Å². The Morgan fingerprint density at radius 3 is 2.42 bits per heavy atom. The maximum Gasteiger partial charge on any atom is 0.405 e. The van der Waals surface area contributed by atoms with Gasteiger partial charge in [-0.3, -0.25) is 4.98 Å². The van der Waals surface area contributed by atoms with Gasteiger partial charge in [-0.1, -0.05) is 13.8 Å². The van der Waals surface area contributed by atoms with Crippen LogP contribution in [0.3, 0.4) is 0 Å². The monoisotopic (exact) mass is 275 g/mol. The summed E-state index contributed by atoms with van der Waals surface area (Å²) in [6, 6.07) is 3.60. The Hall–Kier alpha value is -1.30. The first kappa shape index (κ1) is 15.8. The minimum Gasteiger partial charge on any atom is -0.364 e. The van der Waals surface area contributed by atoms with E-state index < -0.39 is 12.7 Å². The van der Waals surface area contributed by atoms with E-state index in [0.717, 1.165) is 23.6 Å². The van der Waals surface area contributed by atoms with Crippen LogP contribution in [0, 0.1) is 0 Å². The molecule has 1 aromatic heterocycles. The fourth-order valence-corrected chi connectivity index (χ4v) is 1.89. The molecule has 19 heavy (non-hydrogen) atoms. The molecule has 1 aromatic rings. The van der Waals surface area contributed by atoms with Gasteiger partial charge in [0, 0.05) is 13.1 Å². The molecule has 1 heterocycles. The van der Waals surface area contributed by atoms with Crippen molar-refractivity contribution in [2.24, 2.45) is 0 Å². The van der Waals surface area contributed by atoms with Crippen LogP contribution in [0.4, 0.5) is 18.9 Å². The third-order valence-electron chi connectivity index (χ3n) is 2.84. The van der Waals surface area contributed by atoms with Gasteiger partial charge in [0.15, 0.2) is 0 Å². The zero-order valence-electron chi connectivity index (χ0n) is 11.5. The molecule has 1 atom stereocenters. The molecule has 0 spiro atoms. The van der Waals surface area contributed by atoms with Gasteiger partial charge in [-0.05, 0) is 25.1 Å². The molecule has 1 rings (SSSR count). The van der Waals surface area contributed by atoms with Crippen LogP contribution in [-0.2, 0) is 0 Å². The van der Waals surface area contributed by atoms with Gasteiger partial charge in [0.1, 0.15) is 6.54 Å². The highest BCUT2D eigenvalue weighted by Crippen LogP contribution is 2.22. The van der Waals surface area contributed by atoms with Crippen molar-refractivity contribution in [2.75, 3.05) is 25.0 Å². The van der Waals surface area contributed by atoms with E-state index >= 15 is 0 Å². The van der Waals surface area contributed by atoms with Crippen LogP contribution in [0.1, 0.15) is 32.0 Å². The number of pyridine rings is 1. The van der Waals surface area contributed by atoms with Crippen LogP contribution in [0.15, 0.2) is 18.3 Å². The number of halogens is 3. The normalized spacial score (nSPS) is 13.4. The molecule has 1 unspecified atom stereocenters. The third kappa shape index (κ3) is 5.06. The second-order valence-corrected chi connectivity index (χ2v) is 4.43. The molecule has 0 bridgehead atoms. The number of anilines is 1. The highest BCUT2D eigenvalue weighted by molar-refractivity contribution is 5.44. The molecule has 6 heteroatoms. The van der Waals surface area contributed by atoms with Crippen molar-refractivity contribution in [3.05, 3.63) is 24.0 Å². The lowest BCUT2D eigenvalue weighted by Gasteiger charge is -2.21. The first-order valence-electron chi connectivity index (χ1n) is 6.34. The molecule has 0 aliphatic carbocycles. The van der Waals surface area contributed by atoms with Crippen molar-refractivity contribution in [1.29, 1.82) is 0 Å². The molecule has 0 radical (unpaired) electrons. The van der Waals surface area contributed by atoms with Gasteiger partial charge >= 0.3 is 6.18 Å². The molecule has 108 valence electrons. The second-order valence-electron chi connectivity index (χ2n) is 4.43. The van der Waals surface area contributed by atoms with Crippen LogP contribution in [0.5, 0.6) is 0 Å². The summed E-state index contributed by atoms with van der Waals surface area (Å²) < 4.78 is 36.8. The van der Waals surface area contributed by atoms with Crippen molar-refractivity contribution in [2.45, 2.75) is 32.5 Å². The van der Waals surface area contributed by atoms with Crippen molar-refractivity contribution < 1.29 is 13.2 Å². The first-order valence-corrected chi connectivity index (χ1v) is 6.34. The summed E-state index contributed by atoms with van der Waals surface area (Å²) >= 11 is 0. The van der Waals surface area contributed by atoms with Crippen molar-refractivity contribution in [3.63, 3.8) is 0 Å². The average Bonchev–Trinajstić information content (AvgIpc) is 2.34. The fourth-order valence-electron chi connectivity index (χ4n) is 1.89. The predicted octanol–water partition coefficient (Wildman–Crippen LogP) is 3.14. The topological polar surface area (TPSA) is 28.2 Å². The fraction of sp³-hybridized carbons (Fsp3) is 0.615. The summed E-state index contributed by atoms with van der Waals surface area (Å²) in [4.78, 5) is 5.39. The SMILES string of the molecule is CCNC(CC)c1ccc(N(C)CC(F)(F)F)cn1. The van der Waals surface area contributed by atoms with E-state index in [0.29, 0.717) is 5.69 Å². The molecular weight excluding hydrogens is 255 g/mol. The number of rotatable bonds is 6. The number of hydrogen-bond acceptors (Lipinski definition) is 3. The van der Waals surface area contributed by atoms with Gasteiger partial charge in [-0.2, -0.15) is 13.2 Å². The van der Waals surface area contributed by atoms with E-state index in [9.17, 15) is 13.2 Å². The second kappa shape index (κ2) is 6.75. The molecular formula is C13H20F3N3. The van der Waals surface area contributed by atoms with Gasteiger partial charge in [0.25, 0.3) is 0 Å². The number of hydrogen-bond donors (Lipinski definition) is 1. The summed E-state index contributed by atoms with van der Waals surface area (Å²) in [5.41, 5.74) is 1.32. The van der Waals surface area contributed by atoms with E-state index in [1.165, 1.54) is 13.2 Å². The third-order valence-corrected chi connectivity index (χ3v) is 2.84. The lowest BCUT2D eigenvalue weighted by molar-refractivity contribution is -0.119. The van der Waals surface area contributed by atoms with E-state index in [1.807, 2.05) is 13.8 Å². The summed E-state index contributed by atoms with van der Waals surface area (Å²) in [7, 11) is 1.41. The average molecular weight is 275 g/mol. The smallest absolute Gasteiger partial charge is 0.364 e. The van der Waals surface area contributed by atoms with Crippen LogP contribution in [-0.4, -0.2) is 31.3 Å². The van der Waals surface area contributed by atoms with Gasteiger partial charge in [0.2, 0.25) is 0 Å². The summed E-state index contributed by atoms with van der Waals surface area (Å²) in [6.45, 7) is 3.90. The van der Waals surface area contributed by atoms with Gasteiger partial charge < -0.3 is 10.2 Å². The Bertz CT molecular complexity index is 376. The quantitative estimate of drug-likeness (QED) is 0.864. The Morgan fingerprint density at radius 2 is 2.00 bits per heavy atom. The van der Waals surface area contributed by atoms with Crippen molar-refractivity contribution in [3.8, 4) is 0 Å². The number of nitrogens with one attached hydrogen (secondary N) is 1. The zero-order chi connectivity index (χ0) is 14.5. The molecule has 0 saturated heterocycles. The van der Waals surface area contributed by atoms with E-state index in [2.05, 4.69) is 10.3 Å². The lowest BCUT2D eigenvalue weighted by atomic mass is 10.1. The molecule has 0 amide bonds. The summed E-state index contributed by atoms with van der Waals surface area (Å²) in [5.74, 6) is 0. The maximum absolute atomic E-state index is 12.3. The lowest BCUT2D eigenvalue weighted by Crippen LogP contribution is -2.31. The van der Waals surface area contributed by atoms with Gasteiger partial charge in [-0.15, -0.1) is 0 Å². The molecule has 0 aliphatic heterocycles. The molecule has 0 aromatic carbocycles. The van der Waals surface area contributed by atoms with Crippen LogP contribution >= 0.6 is 0 Å². The van der Waals surface area contributed by atoms with Crippen LogP contribution in [0.25, 0.3) is 0 Å². The van der Waals surface area contributed by atoms with Crippen molar-refractivity contribution >= 4 is 5.69 Å². The van der Waals surface area contributed by atoms with E-state index in [1.54, 1.807) is 12.1 Å². The summed E-state index contributed by atoms with van der Waals surface area (Å²) in [5, 5.41) is 3.28. The minimum absolute atomic E-state index is 0.145. The number of nitrogens with zero attached hydrogens (tertiary/aromatic N) is 2. The first-order chi connectivity index (χ1) is 8.87. The standard InChI is InChI=1S/C13H20F3N3/c1-4-11(17-5-2)12-7-6-10(8-18-12)19(3)9-13(14,15)16/h6-8,11,17H,4-5,9H2,1-3H3. The van der Waals surface area contributed by atoms with Crippen molar-refractivity contribution in [1.82, 2.24) is 10.3 Å². The number of aromatic nitrogens is 1. The Balaban J connectivity index is 2.75. The van der Waals surface area contributed by atoms with E-state index in [4.69, 9.17) is 0 Å². The predicted molar refractivity (Wildman–Crippen MR) is 70.3 cm³/mol. The summed E-state index contributed by atoms with van der Waals surface area (Å²) in [6.07, 6.45) is -1.83. The zero-order valence-corrected chi connectivity index (χ0v) is 11.5. The Morgan fingerprint density at radius 1 is 1.32 bits per heavy atom. The molecule has 0 fully saturated rings. The minimum atomic E-state index is -4.21. The molecule has 3 nitrogen and oxygen atoms in total. The Kier molecular flexibility index (Phi) is 5.60. The van der Waals surface area contributed by atoms with Gasteiger partial charge in [-0.25, -0.2) is 0 Å². The molecule has 1 N–H and O–H groups in total. The maximum atomic E-state index is 12.3. The van der Waals surface area contributed by atoms with E-state index in [-0.39, 0.29) is 6.04 Å². The molecule has 0 saturated carbocycles. The number of alkyl halides is 3. The van der Waals surface area contributed by atoms with Crippen LogP contribution < -0.4 is 10.2 Å². The Labute approximate surface area is 111 Å². The highest BCUT2D eigenvalue weighted by atomic mass is 19.4. The van der Waals surface area contributed by atoms with Crippen LogP contribution in [0.2, 0.25) is 0 Å².